The van der Waals surface area contributed by atoms with Crippen molar-refractivity contribution in [2.75, 3.05) is 6.26 Å². The first kappa shape index (κ1) is 10.3. The molecule has 13 heavy (non-hydrogen) atoms. The van der Waals surface area contributed by atoms with Gasteiger partial charge in [0.15, 0.2) is 0 Å². The predicted octanol–water partition coefficient (Wildman–Crippen LogP) is 2.09. The topological polar surface area (TPSA) is 60.2 Å². The number of hydrogen-bond donors (Lipinski definition) is 0. The minimum Gasteiger partial charge on any atom is -0.258 e. The van der Waals surface area contributed by atoms with Crippen LogP contribution in [0.1, 0.15) is 0 Å². The van der Waals surface area contributed by atoms with Crippen molar-refractivity contribution in [1.82, 2.24) is 0 Å². The summed E-state index contributed by atoms with van der Waals surface area (Å²) in [4.78, 5) is 10.2. The Hall–Kier alpha value is -0.750. The summed E-state index contributed by atoms with van der Waals surface area (Å²) in [6.45, 7) is 0. The standard InChI is InChI=1S/C7H6BrNO3S/c1-13(12)7-4-5(8)2-3-6(7)9(10)11/h2-4H,1H3. The largest absolute Gasteiger partial charge is 0.285 e. The highest BCUT2D eigenvalue weighted by molar-refractivity contribution is 9.10. The summed E-state index contributed by atoms with van der Waals surface area (Å²) in [7, 11) is -1.34. The van der Waals surface area contributed by atoms with Crippen molar-refractivity contribution in [3.63, 3.8) is 0 Å². The molecule has 4 nitrogen and oxygen atoms in total. The maximum Gasteiger partial charge on any atom is 0.285 e. The van der Waals surface area contributed by atoms with Gasteiger partial charge in [0, 0.05) is 16.8 Å². The van der Waals surface area contributed by atoms with Gasteiger partial charge in [0.25, 0.3) is 5.69 Å². The summed E-state index contributed by atoms with van der Waals surface area (Å²) in [5, 5.41) is 10.5. The van der Waals surface area contributed by atoms with Crippen molar-refractivity contribution in [2.45, 2.75) is 4.90 Å². The predicted molar refractivity (Wildman–Crippen MR) is 53.1 cm³/mol. The summed E-state index contributed by atoms with van der Waals surface area (Å²) in [5.74, 6) is 0. The number of halogens is 1. The number of nitro groups is 1. The Morgan fingerprint density at radius 1 is 1.54 bits per heavy atom. The van der Waals surface area contributed by atoms with Gasteiger partial charge in [-0.1, -0.05) is 15.9 Å². The molecule has 70 valence electrons. The molecule has 0 aliphatic rings. The van der Waals surface area contributed by atoms with Gasteiger partial charge in [0.2, 0.25) is 0 Å². The summed E-state index contributed by atoms with van der Waals surface area (Å²) < 4.78 is 11.8. The van der Waals surface area contributed by atoms with Crippen LogP contribution in [0.2, 0.25) is 0 Å². The number of rotatable bonds is 2. The van der Waals surface area contributed by atoms with E-state index in [0.717, 1.165) is 0 Å². The van der Waals surface area contributed by atoms with E-state index in [4.69, 9.17) is 0 Å². The molecule has 0 bridgehead atoms. The molecule has 1 rings (SSSR count). The highest BCUT2D eigenvalue weighted by Gasteiger charge is 2.16. The van der Waals surface area contributed by atoms with E-state index in [1.807, 2.05) is 0 Å². The van der Waals surface area contributed by atoms with Crippen LogP contribution in [0, 0.1) is 10.1 Å². The SMILES string of the molecule is CS(=O)c1cc(Br)ccc1[N+](=O)[O-]. The quantitative estimate of drug-likeness (QED) is 0.607. The summed E-state index contributed by atoms with van der Waals surface area (Å²) in [5.41, 5.74) is -0.107. The van der Waals surface area contributed by atoms with Crippen molar-refractivity contribution < 1.29 is 9.13 Å². The molecule has 1 unspecified atom stereocenters. The fraction of sp³-hybridized carbons (Fsp3) is 0.143. The van der Waals surface area contributed by atoms with Crippen molar-refractivity contribution in [3.8, 4) is 0 Å². The Morgan fingerprint density at radius 3 is 2.62 bits per heavy atom. The molecule has 0 saturated heterocycles. The fourth-order valence-corrected chi connectivity index (χ4v) is 2.11. The van der Waals surface area contributed by atoms with E-state index < -0.39 is 15.7 Å². The lowest BCUT2D eigenvalue weighted by atomic mass is 10.3. The van der Waals surface area contributed by atoms with Gasteiger partial charge in [-0.15, -0.1) is 0 Å². The van der Waals surface area contributed by atoms with Gasteiger partial charge in [-0.05, 0) is 12.1 Å². The van der Waals surface area contributed by atoms with Crippen LogP contribution in [0.4, 0.5) is 5.69 Å². The van der Waals surface area contributed by atoms with Crippen molar-refractivity contribution >= 4 is 32.4 Å². The maximum atomic E-state index is 11.1. The second kappa shape index (κ2) is 3.97. The van der Waals surface area contributed by atoms with E-state index in [2.05, 4.69) is 15.9 Å². The Morgan fingerprint density at radius 2 is 2.15 bits per heavy atom. The Labute approximate surface area is 85.7 Å². The van der Waals surface area contributed by atoms with Gasteiger partial charge in [-0.2, -0.15) is 0 Å². The van der Waals surface area contributed by atoms with Crippen LogP contribution in [0.5, 0.6) is 0 Å². The minimum atomic E-state index is -1.34. The average molecular weight is 264 g/mol. The smallest absolute Gasteiger partial charge is 0.258 e. The van der Waals surface area contributed by atoms with Crippen molar-refractivity contribution in [1.29, 1.82) is 0 Å². The average Bonchev–Trinajstić information content (AvgIpc) is 2.03. The number of hydrogen-bond acceptors (Lipinski definition) is 3. The lowest BCUT2D eigenvalue weighted by molar-refractivity contribution is -0.387. The van der Waals surface area contributed by atoms with Crippen LogP contribution < -0.4 is 0 Å². The summed E-state index contributed by atoms with van der Waals surface area (Å²) in [6.07, 6.45) is 1.41. The second-order valence-electron chi connectivity index (χ2n) is 2.32. The molecule has 0 N–H and O–H groups in total. The van der Waals surface area contributed by atoms with Gasteiger partial charge >= 0.3 is 0 Å². The molecule has 1 aromatic rings. The first-order chi connectivity index (χ1) is 6.02. The number of nitrogens with zero attached hydrogens (tertiary/aromatic N) is 1. The first-order valence-electron chi connectivity index (χ1n) is 3.29. The molecule has 0 saturated carbocycles. The minimum absolute atomic E-state index is 0.107. The zero-order valence-electron chi connectivity index (χ0n) is 6.69. The fourth-order valence-electron chi connectivity index (χ4n) is 0.869. The molecule has 0 spiro atoms. The molecular weight excluding hydrogens is 258 g/mol. The highest BCUT2D eigenvalue weighted by Crippen LogP contribution is 2.25. The molecular formula is C7H6BrNO3S. The molecule has 0 aliphatic carbocycles. The third-order valence-electron chi connectivity index (χ3n) is 1.43. The second-order valence-corrected chi connectivity index (χ2v) is 4.59. The molecule has 0 aliphatic heterocycles. The molecule has 0 fully saturated rings. The summed E-state index contributed by atoms with van der Waals surface area (Å²) in [6, 6.07) is 4.38. The molecule has 0 radical (unpaired) electrons. The molecule has 0 heterocycles. The maximum absolute atomic E-state index is 11.1. The van der Waals surface area contributed by atoms with Crippen LogP contribution in [0.3, 0.4) is 0 Å². The van der Waals surface area contributed by atoms with E-state index in [9.17, 15) is 14.3 Å². The number of benzene rings is 1. The molecule has 0 aromatic heterocycles. The van der Waals surface area contributed by atoms with E-state index in [0.29, 0.717) is 4.47 Å². The Balaban J connectivity index is 3.35. The third-order valence-corrected chi connectivity index (χ3v) is 2.87. The van der Waals surface area contributed by atoms with Gasteiger partial charge < -0.3 is 0 Å². The van der Waals surface area contributed by atoms with Crippen molar-refractivity contribution in [2.24, 2.45) is 0 Å². The van der Waals surface area contributed by atoms with Crippen LogP contribution in [0.25, 0.3) is 0 Å². The normalized spacial score (nSPS) is 12.5. The number of nitro benzene ring substituents is 1. The monoisotopic (exact) mass is 263 g/mol. The Bertz CT molecular complexity index is 380. The van der Waals surface area contributed by atoms with E-state index in [1.54, 1.807) is 6.07 Å². The molecule has 6 heteroatoms. The highest BCUT2D eigenvalue weighted by atomic mass is 79.9. The Kier molecular flexibility index (Phi) is 3.16. The van der Waals surface area contributed by atoms with Gasteiger partial charge in [-0.25, -0.2) is 0 Å². The zero-order chi connectivity index (χ0) is 10.0. The zero-order valence-corrected chi connectivity index (χ0v) is 9.09. The lowest BCUT2D eigenvalue weighted by Crippen LogP contribution is -1.96. The van der Waals surface area contributed by atoms with Gasteiger partial charge in [0.05, 0.1) is 15.7 Å². The molecule has 1 aromatic carbocycles. The first-order valence-corrected chi connectivity index (χ1v) is 5.65. The molecule has 1 atom stereocenters. The van der Waals surface area contributed by atoms with Gasteiger partial charge in [-0.3, -0.25) is 14.3 Å². The lowest BCUT2D eigenvalue weighted by Gasteiger charge is -1.99. The molecule has 0 amide bonds. The van der Waals surface area contributed by atoms with E-state index in [-0.39, 0.29) is 10.6 Å². The van der Waals surface area contributed by atoms with Crippen LogP contribution in [0.15, 0.2) is 27.6 Å². The van der Waals surface area contributed by atoms with Crippen LogP contribution >= 0.6 is 15.9 Å². The van der Waals surface area contributed by atoms with Crippen LogP contribution in [-0.4, -0.2) is 15.4 Å². The summed E-state index contributed by atoms with van der Waals surface area (Å²) >= 11 is 3.16. The van der Waals surface area contributed by atoms with Crippen molar-refractivity contribution in [3.05, 3.63) is 32.8 Å². The third kappa shape index (κ3) is 2.35. The van der Waals surface area contributed by atoms with E-state index >= 15 is 0 Å². The van der Waals surface area contributed by atoms with E-state index in [1.165, 1.54) is 18.4 Å². The van der Waals surface area contributed by atoms with Gasteiger partial charge in [0.1, 0.15) is 4.90 Å². The van der Waals surface area contributed by atoms with Crippen LogP contribution in [-0.2, 0) is 10.8 Å².